The number of fused-ring (bicyclic) bond motifs is 2. The Hall–Kier alpha value is -3.68. The van der Waals surface area contributed by atoms with Crippen LogP contribution in [0, 0.1) is 22.7 Å². The lowest BCUT2D eigenvalue weighted by molar-refractivity contribution is 0.0841. The molecule has 2 aliphatic rings. The predicted molar refractivity (Wildman–Crippen MR) is 104 cm³/mol. The number of methoxy groups -OCH3 is 1. The molecule has 0 aromatic heterocycles. The van der Waals surface area contributed by atoms with E-state index in [9.17, 15) is 15.3 Å². The van der Waals surface area contributed by atoms with E-state index >= 15 is 0 Å². The average Bonchev–Trinajstić information content (AvgIpc) is 2.73. The lowest BCUT2D eigenvalue weighted by Gasteiger charge is -2.37. The zero-order chi connectivity index (χ0) is 19.8. The van der Waals surface area contributed by atoms with E-state index in [2.05, 4.69) is 12.1 Å². The Morgan fingerprint density at radius 2 is 1.86 bits per heavy atom. The number of benzene rings is 2. The number of nitrogens with zero attached hydrogens (tertiary/aromatic N) is 3. The largest absolute Gasteiger partial charge is 0.497 e. The van der Waals surface area contributed by atoms with Crippen molar-refractivity contribution in [3.63, 3.8) is 0 Å². The van der Waals surface area contributed by atoms with Crippen molar-refractivity contribution in [3.8, 4) is 17.9 Å². The Morgan fingerprint density at radius 1 is 1.11 bits per heavy atom. The van der Waals surface area contributed by atoms with E-state index in [1.165, 1.54) is 16.7 Å². The molecule has 0 bridgehead atoms. The maximum atomic E-state index is 13.1. The highest BCUT2D eigenvalue weighted by Crippen LogP contribution is 2.49. The van der Waals surface area contributed by atoms with Gasteiger partial charge in [-0.1, -0.05) is 36.0 Å². The molecule has 7 heteroatoms. The molecule has 28 heavy (non-hydrogen) atoms. The zero-order valence-corrected chi connectivity index (χ0v) is 15.7. The fourth-order valence-corrected chi connectivity index (χ4v) is 4.58. The fraction of sp³-hybridized carbons (Fsp3) is 0.0952. The topological polar surface area (TPSA) is 103 Å². The number of amides is 1. The number of allylic oxidation sites excluding steroid dienone is 2. The first-order valence-electron chi connectivity index (χ1n) is 8.40. The molecule has 0 saturated carbocycles. The van der Waals surface area contributed by atoms with E-state index in [0.717, 1.165) is 4.90 Å². The summed E-state index contributed by atoms with van der Waals surface area (Å²) >= 11 is 1.31. The first kappa shape index (κ1) is 17.7. The van der Waals surface area contributed by atoms with Gasteiger partial charge in [-0.3, -0.25) is 9.69 Å². The molecule has 0 unspecified atom stereocenters. The normalized spacial score (nSPS) is 18.2. The summed E-state index contributed by atoms with van der Waals surface area (Å²) in [7, 11) is 1.55. The Bertz CT molecular complexity index is 1150. The second-order valence-electron chi connectivity index (χ2n) is 6.19. The van der Waals surface area contributed by atoms with Crippen LogP contribution >= 0.6 is 11.8 Å². The van der Waals surface area contributed by atoms with Crippen molar-refractivity contribution >= 4 is 17.7 Å². The van der Waals surface area contributed by atoms with Crippen molar-refractivity contribution < 1.29 is 9.53 Å². The van der Waals surface area contributed by atoms with Gasteiger partial charge in [0.05, 0.1) is 41.9 Å². The van der Waals surface area contributed by atoms with Gasteiger partial charge in [0.1, 0.15) is 16.6 Å². The molecule has 6 nitrogen and oxygen atoms in total. The molecule has 2 N–H and O–H groups in total. The van der Waals surface area contributed by atoms with E-state index in [4.69, 9.17) is 10.5 Å². The molecule has 1 amide bonds. The Labute approximate surface area is 166 Å². The summed E-state index contributed by atoms with van der Waals surface area (Å²) in [5, 5.41) is 20.2. The van der Waals surface area contributed by atoms with Crippen LogP contribution in [-0.4, -0.2) is 17.9 Å². The number of hydrogen-bond donors (Lipinski definition) is 1. The highest BCUT2D eigenvalue weighted by molar-refractivity contribution is 8.03. The second kappa shape index (κ2) is 6.80. The van der Waals surface area contributed by atoms with Crippen molar-refractivity contribution in [2.45, 2.75) is 10.8 Å². The summed E-state index contributed by atoms with van der Waals surface area (Å²) in [6.45, 7) is 0. The van der Waals surface area contributed by atoms with Gasteiger partial charge in [0.15, 0.2) is 0 Å². The molecular formula is C21H14N4O2S. The minimum absolute atomic E-state index is 0.0522. The van der Waals surface area contributed by atoms with E-state index in [0.29, 0.717) is 27.5 Å². The van der Waals surface area contributed by atoms with Gasteiger partial charge < -0.3 is 10.5 Å². The van der Waals surface area contributed by atoms with Crippen LogP contribution in [0.2, 0.25) is 0 Å². The third-order valence-electron chi connectivity index (χ3n) is 4.72. The van der Waals surface area contributed by atoms with E-state index in [-0.39, 0.29) is 17.3 Å². The molecule has 2 aromatic rings. The molecule has 1 atom stereocenters. The molecule has 0 saturated heterocycles. The van der Waals surface area contributed by atoms with Gasteiger partial charge in [0, 0.05) is 4.90 Å². The van der Waals surface area contributed by atoms with E-state index in [1.54, 1.807) is 37.4 Å². The molecule has 0 fully saturated rings. The second-order valence-corrected chi connectivity index (χ2v) is 7.22. The molecule has 2 heterocycles. The number of rotatable bonds is 2. The van der Waals surface area contributed by atoms with Gasteiger partial charge in [-0.2, -0.15) is 10.5 Å². The van der Waals surface area contributed by atoms with Crippen LogP contribution in [0.5, 0.6) is 5.75 Å². The van der Waals surface area contributed by atoms with Gasteiger partial charge >= 0.3 is 0 Å². The van der Waals surface area contributed by atoms with Crippen LogP contribution in [0.15, 0.2) is 75.4 Å². The van der Waals surface area contributed by atoms with E-state index < -0.39 is 5.92 Å². The summed E-state index contributed by atoms with van der Waals surface area (Å²) < 4.78 is 5.28. The highest BCUT2D eigenvalue weighted by Gasteiger charge is 2.42. The Morgan fingerprint density at radius 3 is 2.57 bits per heavy atom. The van der Waals surface area contributed by atoms with Crippen LogP contribution in [-0.2, 0) is 0 Å². The molecule has 4 rings (SSSR count). The first-order valence-corrected chi connectivity index (χ1v) is 9.21. The van der Waals surface area contributed by atoms with Crippen molar-refractivity contribution in [1.29, 1.82) is 10.5 Å². The highest BCUT2D eigenvalue weighted by atomic mass is 32.2. The first-order chi connectivity index (χ1) is 13.6. The minimum Gasteiger partial charge on any atom is -0.497 e. The summed E-state index contributed by atoms with van der Waals surface area (Å²) in [5.41, 5.74) is 7.96. The minimum atomic E-state index is -0.665. The maximum Gasteiger partial charge on any atom is 0.265 e. The molecule has 0 spiro atoms. The van der Waals surface area contributed by atoms with Gasteiger partial charge in [0.2, 0.25) is 0 Å². The lowest BCUT2D eigenvalue weighted by atomic mass is 9.83. The van der Waals surface area contributed by atoms with Gasteiger partial charge in [-0.15, -0.1) is 0 Å². The number of ether oxygens (including phenoxy) is 1. The molecule has 136 valence electrons. The van der Waals surface area contributed by atoms with Gasteiger partial charge in [0.25, 0.3) is 5.91 Å². The average molecular weight is 386 g/mol. The fourth-order valence-electron chi connectivity index (χ4n) is 3.41. The standard InChI is InChI=1S/C21H14N4O2S/c1-27-13-6-4-5-12(9-13)18-15(10-22)19(24)25-20(26)14-7-2-3-8-17(14)28-21(25)16(18)11-23/h2-9,18H,24H2,1H3/t18-/m1/s1. The maximum absolute atomic E-state index is 13.1. The van der Waals surface area contributed by atoms with Gasteiger partial charge in [-0.05, 0) is 29.8 Å². The van der Waals surface area contributed by atoms with Crippen LogP contribution in [0.1, 0.15) is 21.8 Å². The number of hydrogen-bond acceptors (Lipinski definition) is 6. The molecule has 0 aliphatic carbocycles. The predicted octanol–water partition coefficient (Wildman–Crippen LogP) is 3.47. The van der Waals surface area contributed by atoms with Crippen LogP contribution in [0.4, 0.5) is 0 Å². The Kier molecular flexibility index (Phi) is 4.31. The Balaban J connectivity index is 1.97. The number of thioether (sulfide) groups is 1. The summed E-state index contributed by atoms with van der Waals surface area (Å²) in [6.07, 6.45) is 0. The monoisotopic (exact) mass is 386 g/mol. The summed E-state index contributed by atoms with van der Waals surface area (Å²) in [4.78, 5) is 15.1. The molecule has 0 radical (unpaired) electrons. The van der Waals surface area contributed by atoms with Crippen molar-refractivity contribution in [1.82, 2.24) is 4.90 Å². The summed E-state index contributed by atoms with van der Waals surface area (Å²) in [5.74, 6) is -0.347. The van der Waals surface area contributed by atoms with Crippen LogP contribution in [0.25, 0.3) is 0 Å². The van der Waals surface area contributed by atoms with Crippen molar-refractivity contribution in [2.75, 3.05) is 7.11 Å². The lowest BCUT2D eigenvalue weighted by Crippen LogP contribution is -2.40. The van der Waals surface area contributed by atoms with Crippen LogP contribution in [0.3, 0.4) is 0 Å². The molecular weight excluding hydrogens is 372 g/mol. The van der Waals surface area contributed by atoms with E-state index in [1.807, 2.05) is 18.2 Å². The number of carbonyl (C=O) groups is 1. The third-order valence-corrected chi connectivity index (χ3v) is 5.89. The number of nitriles is 2. The summed E-state index contributed by atoms with van der Waals surface area (Å²) in [6, 6.07) is 18.6. The molecule has 2 aromatic carbocycles. The third kappa shape index (κ3) is 2.53. The van der Waals surface area contributed by atoms with Crippen LogP contribution < -0.4 is 10.5 Å². The molecule has 2 aliphatic heterocycles. The van der Waals surface area contributed by atoms with Crippen molar-refractivity contribution in [2.24, 2.45) is 5.73 Å². The SMILES string of the molecule is COc1cccc([C@@H]2C(C#N)=C(N)N3C(=O)c4ccccc4SC3=C2C#N)c1. The number of nitrogens with two attached hydrogens (primary N) is 1. The number of carbonyl (C=O) groups excluding carboxylic acids is 1. The van der Waals surface area contributed by atoms with Crippen molar-refractivity contribution in [3.05, 3.63) is 81.7 Å². The smallest absolute Gasteiger partial charge is 0.265 e. The van der Waals surface area contributed by atoms with Gasteiger partial charge in [-0.25, -0.2) is 0 Å². The quantitative estimate of drug-likeness (QED) is 0.848. The zero-order valence-electron chi connectivity index (χ0n) is 14.8.